The number of nitrogens with zero attached hydrogens (tertiary/aromatic N) is 1. The first-order valence-corrected chi connectivity index (χ1v) is 12.7. The van der Waals surface area contributed by atoms with Crippen LogP contribution in [0.15, 0.2) is 43.0 Å². The van der Waals surface area contributed by atoms with E-state index in [2.05, 4.69) is 28.9 Å². The minimum Gasteiger partial charge on any atom is -0.464 e. The van der Waals surface area contributed by atoms with Crippen molar-refractivity contribution in [2.75, 3.05) is 52.6 Å². The zero-order valence-corrected chi connectivity index (χ0v) is 21.6. The maximum Gasteiger partial charge on any atom is 0.339 e. The van der Waals surface area contributed by atoms with Gasteiger partial charge in [-0.05, 0) is 32.4 Å². The topological polar surface area (TPSA) is 86.3 Å². The van der Waals surface area contributed by atoms with E-state index in [0.29, 0.717) is 52.4 Å². The second kappa shape index (κ2) is 15.0. The number of rotatable bonds is 12. The highest BCUT2D eigenvalue weighted by molar-refractivity contribution is 5.81. The van der Waals surface area contributed by atoms with E-state index in [9.17, 15) is 9.59 Å². The number of benzene rings is 1. The van der Waals surface area contributed by atoms with Crippen LogP contribution in [0.25, 0.3) is 0 Å². The summed E-state index contributed by atoms with van der Waals surface area (Å²) in [6.45, 7) is 14.7. The van der Waals surface area contributed by atoms with E-state index in [1.165, 1.54) is 5.56 Å². The molecule has 3 rings (SSSR count). The van der Waals surface area contributed by atoms with Gasteiger partial charge in [-0.1, -0.05) is 43.3 Å². The molecule has 35 heavy (non-hydrogen) atoms. The molecule has 0 aromatic heterocycles. The number of esters is 2. The Labute approximate surface area is 209 Å². The summed E-state index contributed by atoms with van der Waals surface area (Å²) in [6, 6.07) is 10.2. The number of hydrogen-bond acceptors (Lipinski definition) is 8. The minimum atomic E-state index is -0.848. The first-order valence-electron chi connectivity index (χ1n) is 12.7. The van der Waals surface area contributed by atoms with Crippen LogP contribution in [0.2, 0.25) is 0 Å². The summed E-state index contributed by atoms with van der Waals surface area (Å²) < 4.78 is 21.6. The predicted molar refractivity (Wildman–Crippen MR) is 135 cm³/mol. The van der Waals surface area contributed by atoms with Gasteiger partial charge in [0.25, 0.3) is 0 Å². The lowest BCUT2D eigenvalue weighted by molar-refractivity contribution is -0.170. The Kier molecular flexibility index (Phi) is 12.4. The van der Waals surface area contributed by atoms with E-state index in [1.807, 2.05) is 39.0 Å². The van der Waals surface area contributed by atoms with Crippen LogP contribution >= 0.6 is 0 Å². The van der Waals surface area contributed by atoms with Gasteiger partial charge in [0, 0.05) is 45.6 Å². The van der Waals surface area contributed by atoms with Crippen molar-refractivity contribution in [1.29, 1.82) is 0 Å². The van der Waals surface area contributed by atoms with Gasteiger partial charge in [-0.15, -0.1) is 6.58 Å². The minimum absolute atomic E-state index is 0.224. The molecule has 8 heteroatoms. The average Bonchev–Trinajstić information content (AvgIpc) is 3.52. The Balaban J connectivity index is 0.000000269. The van der Waals surface area contributed by atoms with Crippen LogP contribution in [0.1, 0.15) is 45.6 Å². The molecule has 1 aromatic carbocycles. The van der Waals surface area contributed by atoms with Crippen LogP contribution in [-0.2, 0) is 35.1 Å². The predicted octanol–water partition coefficient (Wildman–Crippen LogP) is 3.11. The zero-order chi connectivity index (χ0) is 25.6. The van der Waals surface area contributed by atoms with Crippen molar-refractivity contribution < 1.29 is 28.5 Å². The van der Waals surface area contributed by atoms with Crippen molar-refractivity contribution in [3.05, 3.63) is 48.6 Å². The summed E-state index contributed by atoms with van der Waals surface area (Å²) >= 11 is 0. The molecule has 0 spiro atoms. The molecular weight excluding hydrogens is 448 g/mol. The van der Waals surface area contributed by atoms with E-state index in [4.69, 9.17) is 18.9 Å². The second-order valence-corrected chi connectivity index (χ2v) is 8.75. The SMILES string of the molecule is C=CCOC1(C(=O)OCC)CCN(Cc2ccccc2)C1.CCCOC1(C(=O)OCC)CCNC1. The van der Waals surface area contributed by atoms with Gasteiger partial charge in [0.1, 0.15) is 0 Å². The van der Waals surface area contributed by atoms with Crippen LogP contribution in [0.5, 0.6) is 0 Å². The monoisotopic (exact) mass is 490 g/mol. The summed E-state index contributed by atoms with van der Waals surface area (Å²) in [7, 11) is 0. The van der Waals surface area contributed by atoms with Gasteiger partial charge in [-0.2, -0.15) is 0 Å². The third-order valence-corrected chi connectivity index (χ3v) is 6.03. The molecule has 2 saturated heterocycles. The summed E-state index contributed by atoms with van der Waals surface area (Å²) in [5.74, 6) is -0.485. The van der Waals surface area contributed by atoms with Gasteiger partial charge < -0.3 is 24.3 Å². The Bertz CT molecular complexity index is 781. The first kappa shape index (κ1) is 29.0. The smallest absolute Gasteiger partial charge is 0.339 e. The van der Waals surface area contributed by atoms with E-state index in [-0.39, 0.29) is 11.9 Å². The fraction of sp³-hybridized carbons (Fsp3) is 0.630. The molecule has 0 saturated carbocycles. The van der Waals surface area contributed by atoms with Crippen LogP contribution in [0.4, 0.5) is 0 Å². The number of nitrogens with one attached hydrogen (secondary N) is 1. The lowest BCUT2D eigenvalue weighted by atomic mass is 10.0. The fourth-order valence-corrected chi connectivity index (χ4v) is 4.24. The Morgan fingerprint density at radius 2 is 1.71 bits per heavy atom. The molecule has 8 nitrogen and oxygen atoms in total. The normalized spacial score (nSPS) is 23.9. The van der Waals surface area contributed by atoms with Crippen molar-refractivity contribution >= 4 is 11.9 Å². The maximum absolute atomic E-state index is 12.3. The zero-order valence-electron chi connectivity index (χ0n) is 21.6. The lowest BCUT2D eigenvalue weighted by Gasteiger charge is -2.27. The molecule has 2 unspecified atom stereocenters. The molecule has 196 valence electrons. The molecule has 2 aliphatic heterocycles. The third-order valence-electron chi connectivity index (χ3n) is 6.03. The van der Waals surface area contributed by atoms with E-state index in [0.717, 1.165) is 26.1 Å². The van der Waals surface area contributed by atoms with Gasteiger partial charge in [0.05, 0.1) is 19.8 Å². The summed E-state index contributed by atoms with van der Waals surface area (Å²) in [4.78, 5) is 26.2. The van der Waals surface area contributed by atoms with E-state index >= 15 is 0 Å². The average molecular weight is 491 g/mol. The molecule has 0 radical (unpaired) electrons. The number of carbonyl (C=O) groups is 2. The molecule has 2 atom stereocenters. The van der Waals surface area contributed by atoms with Crippen LogP contribution < -0.4 is 5.32 Å². The molecule has 0 bridgehead atoms. The summed E-state index contributed by atoms with van der Waals surface area (Å²) in [5, 5.41) is 3.14. The van der Waals surface area contributed by atoms with Crippen molar-refractivity contribution in [3.63, 3.8) is 0 Å². The van der Waals surface area contributed by atoms with Gasteiger partial charge in [-0.3, -0.25) is 4.90 Å². The second-order valence-electron chi connectivity index (χ2n) is 8.75. The number of ether oxygens (including phenoxy) is 4. The standard InChI is InChI=1S/C17H23NO3.C10H19NO3/c1-3-12-21-17(16(19)20-4-2)10-11-18(14-17)13-15-8-6-5-7-9-15;1-3-7-14-10(5-6-11-8-10)9(12)13-4-2/h3,5-9H,1,4,10-14H2,2H3;11H,3-8H2,1-2H3. The highest BCUT2D eigenvalue weighted by Gasteiger charge is 2.47. The van der Waals surface area contributed by atoms with E-state index in [1.54, 1.807) is 6.08 Å². The quantitative estimate of drug-likeness (QED) is 0.353. The summed E-state index contributed by atoms with van der Waals surface area (Å²) in [5.41, 5.74) is -0.328. The Hall–Kier alpha value is -2.26. The largest absolute Gasteiger partial charge is 0.464 e. The van der Waals surface area contributed by atoms with Gasteiger partial charge in [-0.25, -0.2) is 9.59 Å². The molecule has 1 aromatic rings. The molecule has 2 aliphatic rings. The molecule has 2 heterocycles. The van der Waals surface area contributed by atoms with Gasteiger partial charge in [0.2, 0.25) is 0 Å². The van der Waals surface area contributed by atoms with Crippen LogP contribution in [0.3, 0.4) is 0 Å². The van der Waals surface area contributed by atoms with Crippen LogP contribution in [0, 0.1) is 0 Å². The number of hydrogen-bond donors (Lipinski definition) is 1. The highest BCUT2D eigenvalue weighted by Crippen LogP contribution is 2.28. The molecule has 1 N–H and O–H groups in total. The number of likely N-dealkylation sites (tertiary alicyclic amines) is 1. The first-order chi connectivity index (χ1) is 16.9. The molecule has 0 amide bonds. The lowest BCUT2D eigenvalue weighted by Crippen LogP contribution is -2.45. The van der Waals surface area contributed by atoms with Crippen molar-refractivity contribution in [1.82, 2.24) is 10.2 Å². The Morgan fingerprint density at radius 3 is 2.29 bits per heavy atom. The van der Waals surface area contributed by atoms with Crippen molar-refractivity contribution in [3.8, 4) is 0 Å². The van der Waals surface area contributed by atoms with Gasteiger partial charge >= 0.3 is 11.9 Å². The molecular formula is C27H42N2O6. The van der Waals surface area contributed by atoms with Gasteiger partial charge in [0.15, 0.2) is 11.2 Å². The third kappa shape index (κ3) is 8.42. The van der Waals surface area contributed by atoms with Crippen molar-refractivity contribution in [2.45, 2.75) is 57.8 Å². The number of carbonyl (C=O) groups excluding carboxylic acids is 2. The highest BCUT2D eigenvalue weighted by atomic mass is 16.6. The molecule has 0 aliphatic carbocycles. The van der Waals surface area contributed by atoms with E-state index < -0.39 is 11.2 Å². The Morgan fingerprint density at radius 1 is 1.03 bits per heavy atom. The van der Waals surface area contributed by atoms with Crippen molar-refractivity contribution in [2.24, 2.45) is 0 Å². The molecule has 2 fully saturated rings. The van der Waals surface area contributed by atoms with Crippen LogP contribution in [-0.4, -0.2) is 80.6 Å². The fourth-order valence-electron chi connectivity index (χ4n) is 4.24. The maximum atomic E-state index is 12.3. The summed E-state index contributed by atoms with van der Waals surface area (Å²) in [6.07, 6.45) is 3.96.